The molecule has 0 spiro atoms. The van der Waals surface area contributed by atoms with Crippen molar-refractivity contribution in [3.8, 4) is 0 Å². The van der Waals surface area contributed by atoms with Gasteiger partial charge in [-0.05, 0) is 147 Å². The molecule has 6 aromatic heterocycles. The van der Waals surface area contributed by atoms with Crippen molar-refractivity contribution >= 4 is 141 Å². The molecule has 2 bridgehead atoms. The van der Waals surface area contributed by atoms with Crippen molar-refractivity contribution < 1.29 is 118 Å². The van der Waals surface area contributed by atoms with Crippen molar-refractivity contribution in [3.05, 3.63) is 254 Å². The van der Waals surface area contributed by atoms with Gasteiger partial charge in [0.1, 0.15) is 55.2 Å². The van der Waals surface area contributed by atoms with Gasteiger partial charge in [0.25, 0.3) is 0 Å². The number of aromatic nitrogens is 12. The van der Waals surface area contributed by atoms with Gasteiger partial charge in [-0.1, -0.05) is 183 Å². The summed E-state index contributed by atoms with van der Waals surface area (Å²) in [6.45, 7) is 29.3. The predicted molar refractivity (Wildman–Crippen MR) is 534 cm³/mol. The number of aromatic carboxylic acids is 1. The van der Waals surface area contributed by atoms with Crippen molar-refractivity contribution in [3.63, 3.8) is 0 Å². The third-order valence-electron chi connectivity index (χ3n) is 24.2. The van der Waals surface area contributed by atoms with E-state index in [2.05, 4.69) is 124 Å². The minimum Gasteiger partial charge on any atom is -0.870 e. The summed E-state index contributed by atoms with van der Waals surface area (Å²) in [4.78, 5) is 141. The number of rotatable bonds is 24. The topological polar surface area (TPSA) is 473 Å². The summed E-state index contributed by atoms with van der Waals surface area (Å²) in [5.41, 5.74) is 1.61. The molecule has 48 heteroatoms. The number of ether oxygens (including phenoxy) is 5. The molecule has 5 atom stereocenters. The van der Waals surface area contributed by atoms with Crippen molar-refractivity contribution in [1.82, 2.24) is 80.5 Å². The summed E-state index contributed by atoms with van der Waals surface area (Å²) in [5, 5.41) is 32.9. The van der Waals surface area contributed by atoms with E-state index in [1.807, 2.05) is 105 Å². The number of benzene rings is 3. The number of fused-ring (bicyclic) bond motifs is 2. The Kier molecular flexibility index (Phi) is 51.7. The number of anilines is 2. The number of amides is 3. The van der Waals surface area contributed by atoms with E-state index in [-0.39, 0.29) is 147 Å². The van der Waals surface area contributed by atoms with Crippen molar-refractivity contribution in [2.45, 2.75) is 164 Å². The molecule has 2 saturated carbocycles. The van der Waals surface area contributed by atoms with E-state index in [4.69, 9.17) is 82.7 Å². The zero-order valence-corrected chi connectivity index (χ0v) is 86.5. The second kappa shape index (κ2) is 61.8. The van der Waals surface area contributed by atoms with Crippen LogP contribution in [-0.4, -0.2) is 219 Å². The second-order valence-corrected chi connectivity index (χ2v) is 35.0. The molecule has 147 heavy (non-hydrogen) atoms. The van der Waals surface area contributed by atoms with E-state index in [9.17, 15) is 64.7 Å². The van der Waals surface area contributed by atoms with Crippen LogP contribution in [0.4, 0.5) is 38.0 Å². The Morgan fingerprint density at radius 2 is 0.857 bits per heavy atom. The number of esters is 3. The Morgan fingerprint density at radius 3 is 1.20 bits per heavy atom. The Hall–Kier alpha value is -12.7. The number of carboxylic acids is 1. The molecule has 784 valence electrons. The number of carbonyl (C=O) groups excluding carboxylic acids is 7. The Morgan fingerprint density at radius 1 is 0.497 bits per heavy atom. The summed E-state index contributed by atoms with van der Waals surface area (Å²) in [5.74, 6) is -7.12. The third kappa shape index (κ3) is 34.2. The first kappa shape index (κ1) is 123. The van der Waals surface area contributed by atoms with Gasteiger partial charge in [0.2, 0.25) is 17.7 Å². The van der Waals surface area contributed by atoms with Gasteiger partial charge in [-0.15, -0.1) is 0 Å². The van der Waals surface area contributed by atoms with Crippen molar-refractivity contribution in [2.75, 3.05) is 82.1 Å². The van der Waals surface area contributed by atoms with Gasteiger partial charge in [-0.3, -0.25) is 19.2 Å². The summed E-state index contributed by atoms with van der Waals surface area (Å²) in [7, 11) is 0. The maximum atomic E-state index is 14.8. The number of carbonyl (C=O) groups is 8. The number of hydrazone groups is 2. The maximum Gasteiger partial charge on any atom is 1.00 e. The Bertz CT molecular complexity index is 5770. The number of piperidine rings is 3. The minimum absolute atomic E-state index is 0. The van der Waals surface area contributed by atoms with Crippen LogP contribution in [0.3, 0.4) is 0 Å². The first-order chi connectivity index (χ1) is 69.5. The summed E-state index contributed by atoms with van der Waals surface area (Å²) >= 11 is 26.5. The number of Topliss-reactive ketones (excluding diaryl/α,β-unsaturated/α-hetero) is 1. The van der Waals surface area contributed by atoms with Gasteiger partial charge in [-0.2, -0.15) is 10.2 Å². The largest absolute Gasteiger partial charge is 1.00 e. The van der Waals surface area contributed by atoms with E-state index in [1.165, 1.54) is 12.6 Å². The third-order valence-corrected chi connectivity index (χ3v) is 25.5. The molecule has 0 radical (unpaired) electrons. The number of hydrogen-bond acceptors (Lipinski definition) is 32. The van der Waals surface area contributed by atoms with Crippen LogP contribution in [0.5, 0.6) is 0 Å². The number of nitrogens with zero attached hydrogens (tertiary/aromatic N) is 18. The van der Waals surface area contributed by atoms with E-state index in [0.717, 1.165) is 112 Å². The van der Waals surface area contributed by atoms with Crippen LogP contribution in [0.15, 0.2) is 158 Å². The quantitative estimate of drug-likeness (QED) is 0.00830. The van der Waals surface area contributed by atoms with Gasteiger partial charge in [0, 0.05) is 87.5 Å². The van der Waals surface area contributed by atoms with Crippen LogP contribution in [-0.2, 0) is 42.9 Å². The number of ketones is 1. The van der Waals surface area contributed by atoms with Crippen LogP contribution in [0.2, 0.25) is 25.8 Å². The molecule has 5 aliphatic heterocycles. The standard InChI is InChI=1S/C22H24FN5O3.C20H20FN5O3.C15H21N3O.C11H18O.C8H8ClFN2O.2C7H6ClFN2O2.C5H10O.C4HCl2FN2.Li.H2O/c1-2-31-22(30)19-18(23)20(25-14-24-19)27-12-9-16(10-13-27)21(29)28-17(8-11-26-28)15-6-4-3-5-7-15;21-16-17(20(28)29)22-12-23-18(16)25-10-7-14(8-11-25)19(27)26-15(6-9-24-26)13-4-2-1-3-5-13;16-9-6-14(12-4-2-1-3-5-12)18-15(19)13-7-10-17-11-8-13;1-4-11-6-5-8(7-9(11)12)10(11,2)3;1-3-13-5(2)7-6(10)8(9)12-4-11-7;2*1-2-13-7(12)5-4(9)6(8)11-3-10-5;1-4-6-5(2)3;5-3-2(7)4(6)9-1-8-3;;/h3-7,11,14,16-17H,2,8-10,12-13H2,1H3;1-5,9,12,14-15H,6-8,10-11H2,(H,28,29);1-5,9,13-14,16-17H,6-8,10-11H2,(H,18,19);8H,4-7H2,1-3H3;4H,2-3H2,1H3;2*3H,2H2,1H3;2,4H2,1,3H3;1H;;1H2/q;;;;;;;;;+1;/p-1/t17-;15-;14-;8?,11-;;;;;;;/m0000......./s1. The molecule has 11 heterocycles. The average Bonchev–Trinajstić information content (AvgIpc) is 1.55. The zero-order chi connectivity index (χ0) is 106. The number of halogens is 11. The molecule has 1 unspecified atom stereocenters. The fraction of sp³-hybridized carbons (Fsp3) is 0.424. The van der Waals surface area contributed by atoms with Crippen LogP contribution >= 0.6 is 58.0 Å². The monoisotopic (exact) mass is 2130 g/mol. The molecule has 36 nitrogen and oxygen atoms in total. The van der Waals surface area contributed by atoms with Crippen LogP contribution in [0.25, 0.3) is 5.76 Å². The van der Waals surface area contributed by atoms with Crippen LogP contribution in [0.1, 0.15) is 228 Å². The first-order valence-electron chi connectivity index (χ1n) is 46.5. The first-order valence-corrected chi connectivity index (χ1v) is 48.4. The number of nitrogens with one attached hydrogen (secondary N) is 3. The van der Waals surface area contributed by atoms with Gasteiger partial charge in [0.15, 0.2) is 95.1 Å². The fourth-order valence-corrected chi connectivity index (χ4v) is 17.4. The number of allylic oxidation sites excluding steroid dienone is 1. The SMILES string of the molecule is C=C(C)OCC.C=C(OCC)c1ncnc(Cl)c1F.CCOC(=O)c1ncnc(Cl)c1F.CCOC(=O)c1ncnc(Cl)c1F.CCOC(=O)c1ncnc(N2CCC(C(=O)N3N=CC[C@H]3c3ccccc3)CC2)c1F.CC[C@]12CCC(CC1=O)C2(C)C.Fc1c(Cl)ncnc1Cl.N=CC[C@H](NC(=O)C1CCNCC1)c1ccccc1.O=C(O)c1ncnc(N2CCC(C(=O)N3N=CC[C@H]3c3ccccc3)CC2)c1F.[Li+].[OH-]. The normalized spacial score (nSPS) is 17.2. The molecular formula is C99H115Cl5F6LiN21O15. The minimum atomic E-state index is -1.44. The summed E-state index contributed by atoms with van der Waals surface area (Å²) in [6.07, 6.45) is 21.5. The van der Waals surface area contributed by atoms with Gasteiger partial charge < -0.3 is 60.1 Å². The van der Waals surface area contributed by atoms with E-state index in [1.54, 1.807) is 59.9 Å². The molecule has 7 aliphatic rings. The molecular weight excluding hydrogens is 2020 g/mol. The fourth-order valence-electron chi connectivity index (χ4n) is 16.7. The summed E-state index contributed by atoms with van der Waals surface area (Å²) < 4.78 is 105. The average molecular weight is 2140 g/mol. The molecule has 9 aromatic rings. The molecule has 16 rings (SSSR count). The Labute approximate surface area is 883 Å². The predicted octanol–water partition coefficient (Wildman–Crippen LogP) is 15.6. The molecule has 5 N–H and O–H groups in total. The molecule has 3 amide bonds. The maximum absolute atomic E-state index is 14.8. The Balaban J connectivity index is 0.000000262. The van der Waals surface area contributed by atoms with Gasteiger partial charge in [-0.25, -0.2) is 115 Å². The second-order valence-electron chi connectivity index (χ2n) is 33.2. The molecule has 2 aliphatic carbocycles. The van der Waals surface area contributed by atoms with Gasteiger partial charge >= 0.3 is 42.7 Å². The molecule has 5 fully saturated rings. The van der Waals surface area contributed by atoms with E-state index < -0.39 is 86.2 Å². The van der Waals surface area contributed by atoms with E-state index in [0.29, 0.717) is 94.8 Å². The molecule has 3 saturated heterocycles. The van der Waals surface area contributed by atoms with E-state index >= 15 is 0 Å². The van der Waals surface area contributed by atoms with Crippen molar-refractivity contribution in [2.24, 2.45) is 44.7 Å². The summed E-state index contributed by atoms with van der Waals surface area (Å²) in [6, 6.07) is 29.3. The van der Waals surface area contributed by atoms with Crippen LogP contribution in [0, 0.1) is 74.8 Å². The molecule has 3 aromatic carbocycles. The number of hydrogen-bond donors (Lipinski definition) is 4. The van der Waals surface area contributed by atoms with Gasteiger partial charge in [0.05, 0.1) is 56.9 Å². The smallest absolute Gasteiger partial charge is 0.870 e. The van der Waals surface area contributed by atoms with Crippen molar-refractivity contribution in [1.29, 1.82) is 5.41 Å². The van der Waals surface area contributed by atoms with Crippen LogP contribution < -0.4 is 39.3 Å². The zero-order valence-electron chi connectivity index (χ0n) is 82.7. The number of carboxylic acid groups (broad SMARTS) is 1.